The zero-order valence-corrected chi connectivity index (χ0v) is 14.2. The molecule has 2 heterocycles. The Bertz CT molecular complexity index is 524. The first kappa shape index (κ1) is 18.5. The van der Waals surface area contributed by atoms with E-state index in [0.717, 1.165) is 32.1 Å². The van der Waals surface area contributed by atoms with Crippen LogP contribution in [0.3, 0.4) is 0 Å². The van der Waals surface area contributed by atoms with Crippen LogP contribution in [-0.2, 0) is 9.59 Å². The van der Waals surface area contributed by atoms with Gasteiger partial charge in [0.1, 0.15) is 0 Å². The van der Waals surface area contributed by atoms with E-state index in [1.165, 1.54) is 11.3 Å². The summed E-state index contributed by atoms with van der Waals surface area (Å²) < 4.78 is 39.2. The molecule has 0 spiro atoms. The van der Waals surface area contributed by atoms with Crippen molar-refractivity contribution < 1.29 is 27.9 Å². The van der Waals surface area contributed by atoms with Crippen molar-refractivity contribution in [3.8, 4) is 0 Å². The Morgan fingerprint density at radius 1 is 1.04 bits per heavy atom. The number of halogens is 3. The number of likely N-dealkylation sites (tertiary alicyclic amines) is 2. The van der Waals surface area contributed by atoms with Crippen LogP contribution in [0.2, 0.25) is 0 Å². The molecule has 1 aliphatic carbocycles. The maximum atomic E-state index is 13.1. The van der Waals surface area contributed by atoms with Gasteiger partial charge in [0.25, 0.3) is 0 Å². The molecular weight excluding hydrogens is 337 g/mol. The van der Waals surface area contributed by atoms with Crippen molar-refractivity contribution in [2.24, 2.45) is 17.8 Å². The molecule has 2 aliphatic heterocycles. The predicted octanol–water partition coefficient (Wildman–Crippen LogP) is 2.36. The quantitative estimate of drug-likeness (QED) is 0.837. The van der Waals surface area contributed by atoms with Gasteiger partial charge in [-0.25, -0.2) is 0 Å². The van der Waals surface area contributed by atoms with Crippen molar-refractivity contribution in [3.05, 3.63) is 0 Å². The lowest BCUT2D eigenvalue weighted by Gasteiger charge is -2.44. The average Bonchev–Trinajstić information content (AvgIpc) is 2.98. The van der Waals surface area contributed by atoms with E-state index in [9.17, 15) is 22.8 Å². The van der Waals surface area contributed by atoms with E-state index in [2.05, 4.69) is 0 Å². The highest BCUT2D eigenvalue weighted by Gasteiger charge is 2.53. The Hall–Kier alpha value is -1.31. The number of carbonyl (C=O) groups is 2. The summed E-state index contributed by atoms with van der Waals surface area (Å²) in [6, 6.07) is 0.214. The second-order valence-electron chi connectivity index (χ2n) is 7.63. The number of aliphatic carboxylic acids is 1. The minimum absolute atomic E-state index is 0.112. The van der Waals surface area contributed by atoms with Crippen LogP contribution in [-0.4, -0.2) is 65.2 Å². The van der Waals surface area contributed by atoms with Gasteiger partial charge in [0.15, 0.2) is 0 Å². The molecule has 3 aliphatic rings. The van der Waals surface area contributed by atoms with Gasteiger partial charge in [-0.15, -0.1) is 0 Å². The fraction of sp³-hybridized carbons (Fsp3) is 0.882. The lowest BCUT2D eigenvalue weighted by Crippen LogP contribution is -2.52. The Balaban J connectivity index is 1.63. The van der Waals surface area contributed by atoms with Crippen molar-refractivity contribution in [2.45, 2.75) is 50.7 Å². The first-order chi connectivity index (χ1) is 11.8. The van der Waals surface area contributed by atoms with Gasteiger partial charge in [0, 0.05) is 25.7 Å². The van der Waals surface area contributed by atoms with Gasteiger partial charge in [-0.3, -0.25) is 14.5 Å². The van der Waals surface area contributed by atoms with E-state index in [0.29, 0.717) is 12.5 Å². The third kappa shape index (κ3) is 3.93. The van der Waals surface area contributed by atoms with E-state index in [1.54, 1.807) is 0 Å². The standard InChI is InChI=1S/C17H25F3N2O3/c18-17(19,20)13-9-21(8-12(13)16(24)25)10-15(23)22-7-3-5-11-4-1-2-6-14(11)22/h11-14H,1-10H2,(H,24,25)/t11?,12-,13-,14?/m1/s1. The first-order valence-corrected chi connectivity index (χ1v) is 9.08. The van der Waals surface area contributed by atoms with Gasteiger partial charge in [0.2, 0.25) is 5.91 Å². The minimum Gasteiger partial charge on any atom is -0.481 e. The molecule has 3 fully saturated rings. The third-order valence-electron chi connectivity index (χ3n) is 6.06. The number of fused-ring (bicyclic) bond motifs is 1. The van der Waals surface area contributed by atoms with E-state index < -0.39 is 30.5 Å². The van der Waals surface area contributed by atoms with E-state index in [-0.39, 0.29) is 25.0 Å². The summed E-state index contributed by atoms with van der Waals surface area (Å²) in [4.78, 5) is 27.1. The molecule has 1 N–H and O–H groups in total. The zero-order chi connectivity index (χ0) is 18.2. The molecule has 25 heavy (non-hydrogen) atoms. The fourth-order valence-corrected chi connectivity index (χ4v) is 4.81. The Kier molecular flexibility index (Phi) is 5.27. The van der Waals surface area contributed by atoms with Gasteiger partial charge in [-0.05, 0) is 31.6 Å². The van der Waals surface area contributed by atoms with E-state index >= 15 is 0 Å². The SMILES string of the molecule is O=C(O)[C@@H]1CN(CC(=O)N2CCCC3CCCCC32)C[C@H]1C(F)(F)F. The molecule has 8 heteroatoms. The highest BCUT2D eigenvalue weighted by Crippen LogP contribution is 2.38. The Labute approximate surface area is 145 Å². The molecule has 1 saturated carbocycles. The number of alkyl halides is 3. The second kappa shape index (κ2) is 7.13. The van der Waals surface area contributed by atoms with Gasteiger partial charge in [0.05, 0.1) is 18.4 Å². The molecule has 5 nitrogen and oxygen atoms in total. The van der Waals surface area contributed by atoms with Crippen LogP contribution in [0.1, 0.15) is 38.5 Å². The van der Waals surface area contributed by atoms with Crippen LogP contribution in [0, 0.1) is 17.8 Å². The second-order valence-corrected chi connectivity index (χ2v) is 7.63. The van der Waals surface area contributed by atoms with Crippen LogP contribution >= 0.6 is 0 Å². The van der Waals surface area contributed by atoms with Crippen LogP contribution in [0.4, 0.5) is 13.2 Å². The molecule has 0 bridgehead atoms. The molecule has 0 aromatic carbocycles. The number of rotatable bonds is 3. The van der Waals surface area contributed by atoms with Crippen molar-refractivity contribution in [1.29, 1.82) is 0 Å². The van der Waals surface area contributed by atoms with Gasteiger partial charge < -0.3 is 10.0 Å². The molecular formula is C17H25F3N2O3. The highest BCUT2D eigenvalue weighted by molar-refractivity contribution is 5.79. The predicted molar refractivity (Wildman–Crippen MR) is 83.8 cm³/mol. The van der Waals surface area contributed by atoms with Gasteiger partial charge >= 0.3 is 12.1 Å². The Morgan fingerprint density at radius 2 is 1.72 bits per heavy atom. The number of carboxylic acid groups (broad SMARTS) is 1. The number of hydrogen-bond donors (Lipinski definition) is 1. The molecule has 3 rings (SSSR count). The average molecular weight is 362 g/mol. The largest absolute Gasteiger partial charge is 0.481 e. The molecule has 142 valence electrons. The maximum Gasteiger partial charge on any atom is 0.393 e. The summed E-state index contributed by atoms with van der Waals surface area (Å²) in [7, 11) is 0. The summed E-state index contributed by atoms with van der Waals surface area (Å²) in [6.07, 6.45) is 1.87. The van der Waals surface area contributed by atoms with Crippen LogP contribution < -0.4 is 0 Å². The molecule has 0 aromatic rings. The van der Waals surface area contributed by atoms with E-state index in [1.807, 2.05) is 4.90 Å². The molecule has 0 aromatic heterocycles. The normalized spacial score (nSPS) is 34.0. The maximum absolute atomic E-state index is 13.1. The van der Waals surface area contributed by atoms with Crippen molar-refractivity contribution in [2.75, 3.05) is 26.2 Å². The summed E-state index contributed by atoms with van der Waals surface area (Å²) >= 11 is 0. The van der Waals surface area contributed by atoms with Crippen LogP contribution in [0.5, 0.6) is 0 Å². The number of hydrogen-bond acceptors (Lipinski definition) is 3. The van der Waals surface area contributed by atoms with Crippen molar-refractivity contribution in [3.63, 3.8) is 0 Å². The number of nitrogens with zero attached hydrogens (tertiary/aromatic N) is 2. The highest BCUT2D eigenvalue weighted by atomic mass is 19.4. The Morgan fingerprint density at radius 3 is 2.36 bits per heavy atom. The lowest BCUT2D eigenvalue weighted by molar-refractivity contribution is -0.188. The number of carbonyl (C=O) groups excluding carboxylic acids is 1. The smallest absolute Gasteiger partial charge is 0.393 e. The van der Waals surface area contributed by atoms with Gasteiger partial charge in [-0.1, -0.05) is 12.8 Å². The van der Waals surface area contributed by atoms with Crippen molar-refractivity contribution in [1.82, 2.24) is 9.80 Å². The third-order valence-corrected chi connectivity index (χ3v) is 6.06. The molecule has 2 saturated heterocycles. The first-order valence-electron chi connectivity index (χ1n) is 9.08. The van der Waals surface area contributed by atoms with Crippen LogP contribution in [0.15, 0.2) is 0 Å². The molecule has 0 radical (unpaired) electrons. The summed E-state index contributed by atoms with van der Waals surface area (Å²) in [6.45, 7) is -0.0696. The fourth-order valence-electron chi connectivity index (χ4n) is 4.81. The lowest BCUT2D eigenvalue weighted by atomic mass is 9.78. The molecule has 2 unspecified atom stereocenters. The topological polar surface area (TPSA) is 60.9 Å². The number of carboxylic acids is 1. The van der Waals surface area contributed by atoms with Crippen molar-refractivity contribution >= 4 is 11.9 Å². The summed E-state index contributed by atoms with van der Waals surface area (Å²) in [5.74, 6) is -4.47. The van der Waals surface area contributed by atoms with Crippen LogP contribution in [0.25, 0.3) is 0 Å². The monoisotopic (exact) mass is 362 g/mol. The number of piperidine rings is 1. The minimum atomic E-state index is -4.56. The molecule has 1 amide bonds. The van der Waals surface area contributed by atoms with E-state index in [4.69, 9.17) is 5.11 Å². The zero-order valence-electron chi connectivity index (χ0n) is 14.2. The summed E-state index contributed by atoms with van der Waals surface area (Å²) in [5, 5.41) is 9.08. The van der Waals surface area contributed by atoms with Gasteiger partial charge in [-0.2, -0.15) is 13.2 Å². The summed E-state index contributed by atoms with van der Waals surface area (Å²) in [5.41, 5.74) is 0. The molecule has 4 atom stereocenters. The number of amides is 1.